The lowest BCUT2D eigenvalue weighted by Crippen LogP contribution is -2.25. The van der Waals surface area contributed by atoms with Gasteiger partial charge in [0.05, 0.1) is 0 Å². The van der Waals surface area contributed by atoms with E-state index in [-0.39, 0.29) is 0 Å². The molecule has 0 radical (unpaired) electrons. The molecule has 0 saturated carbocycles. The van der Waals surface area contributed by atoms with Crippen molar-refractivity contribution in [1.82, 2.24) is 9.97 Å². The number of aromatic nitrogens is 2. The van der Waals surface area contributed by atoms with Crippen molar-refractivity contribution in [3.63, 3.8) is 0 Å². The fourth-order valence-corrected chi connectivity index (χ4v) is 1.48. The largest absolute Gasteiger partial charge is 0.341 e. The minimum atomic E-state index is 0.648. The van der Waals surface area contributed by atoms with Crippen LogP contribution < -0.4 is 10.6 Å². The van der Waals surface area contributed by atoms with Gasteiger partial charge in [0, 0.05) is 25.5 Å². The van der Waals surface area contributed by atoms with E-state index in [2.05, 4.69) is 28.7 Å². The summed E-state index contributed by atoms with van der Waals surface area (Å²) in [4.78, 5) is 10.9. The highest BCUT2D eigenvalue weighted by atomic mass is 15.2. The van der Waals surface area contributed by atoms with Crippen LogP contribution in [0.5, 0.6) is 0 Å². The van der Waals surface area contributed by atoms with Crippen LogP contribution in [0.1, 0.15) is 25.8 Å². The van der Waals surface area contributed by atoms with Gasteiger partial charge in [-0.1, -0.05) is 6.92 Å². The normalized spacial score (nSPS) is 10.3. The van der Waals surface area contributed by atoms with Crippen molar-refractivity contribution in [2.75, 3.05) is 24.5 Å². The number of hydrogen-bond donors (Lipinski definition) is 1. The minimum Gasteiger partial charge on any atom is -0.341 e. The number of nitrogens with two attached hydrogens (primary N) is 1. The summed E-state index contributed by atoms with van der Waals surface area (Å²) < 4.78 is 0. The van der Waals surface area contributed by atoms with Crippen LogP contribution in [0.15, 0.2) is 12.4 Å². The molecule has 0 aromatic carbocycles. The van der Waals surface area contributed by atoms with Crippen molar-refractivity contribution in [1.29, 1.82) is 0 Å². The van der Waals surface area contributed by atoms with Gasteiger partial charge in [0.1, 0.15) is 0 Å². The summed E-state index contributed by atoms with van der Waals surface area (Å²) in [6.45, 7) is 6.88. The molecule has 84 valence electrons. The van der Waals surface area contributed by atoms with Gasteiger partial charge in [-0.2, -0.15) is 0 Å². The van der Waals surface area contributed by atoms with Crippen molar-refractivity contribution in [2.24, 2.45) is 5.73 Å². The van der Waals surface area contributed by atoms with Crippen LogP contribution >= 0.6 is 0 Å². The third-order valence-corrected chi connectivity index (χ3v) is 2.28. The molecule has 2 N–H and O–H groups in total. The summed E-state index contributed by atoms with van der Waals surface area (Å²) in [6, 6.07) is 0. The van der Waals surface area contributed by atoms with Gasteiger partial charge in [0.2, 0.25) is 5.95 Å². The highest BCUT2D eigenvalue weighted by Crippen LogP contribution is 2.07. The van der Waals surface area contributed by atoms with Crippen LogP contribution in [-0.2, 0) is 6.42 Å². The molecule has 0 fully saturated rings. The first-order valence-electron chi connectivity index (χ1n) is 5.57. The average Bonchev–Trinajstić information content (AvgIpc) is 2.28. The Kier molecular flexibility index (Phi) is 5.04. The first-order chi connectivity index (χ1) is 7.31. The molecule has 4 nitrogen and oxygen atoms in total. The third-order valence-electron chi connectivity index (χ3n) is 2.28. The molecule has 0 bridgehead atoms. The number of hydrogen-bond acceptors (Lipinski definition) is 4. The zero-order valence-electron chi connectivity index (χ0n) is 9.61. The van der Waals surface area contributed by atoms with Crippen LogP contribution in [0.25, 0.3) is 0 Å². The fraction of sp³-hybridized carbons (Fsp3) is 0.636. The molecule has 0 aliphatic rings. The molecule has 1 aromatic rings. The molecule has 0 unspecified atom stereocenters. The molecule has 0 saturated heterocycles. The highest BCUT2D eigenvalue weighted by molar-refractivity contribution is 5.29. The van der Waals surface area contributed by atoms with Gasteiger partial charge in [-0.15, -0.1) is 0 Å². The van der Waals surface area contributed by atoms with Crippen LogP contribution in [0.4, 0.5) is 5.95 Å². The molecule has 1 rings (SSSR count). The van der Waals surface area contributed by atoms with E-state index < -0.39 is 0 Å². The maximum absolute atomic E-state index is 5.47. The Balaban J connectivity index is 2.68. The number of anilines is 1. The van der Waals surface area contributed by atoms with Gasteiger partial charge >= 0.3 is 0 Å². The standard InChI is InChI=1S/C11H20N4/c1-3-7-15(4-2)11-13-8-10(5-6-12)9-14-11/h8-9H,3-7,12H2,1-2H3. The Morgan fingerprint density at radius 1 is 1.27 bits per heavy atom. The van der Waals surface area contributed by atoms with Gasteiger partial charge in [-0.05, 0) is 31.9 Å². The van der Waals surface area contributed by atoms with Crippen LogP contribution in [0, 0.1) is 0 Å². The molecule has 1 heterocycles. The first kappa shape index (κ1) is 11.9. The summed E-state index contributed by atoms with van der Waals surface area (Å²) >= 11 is 0. The second-order valence-corrected chi connectivity index (χ2v) is 3.51. The smallest absolute Gasteiger partial charge is 0.225 e. The van der Waals surface area contributed by atoms with E-state index in [1.54, 1.807) is 0 Å². The predicted molar refractivity (Wildman–Crippen MR) is 63.0 cm³/mol. The second-order valence-electron chi connectivity index (χ2n) is 3.51. The van der Waals surface area contributed by atoms with Crippen molar-refractivity contribution >= 4 is 5.95 Å². The molecular formula is C11H20N4. The monoisotopic (exact) mass is 208 g/mol. The van der Waals surface area contributed by atoms with E-state index in [0.717, 1.165) is 37.4 Å². The Morgan fingerprint density at radius 3 is 2.40 bits per heavy atom. The van der Waals surface area contributed by atoms with Crippen molar-refractivity contribution < 1.29 is 0 Å². The Morgan fingerprint density at radius 2 is 1.93 bits per heavy atom. The van der Waals surface area contributed by atoms with Crippen LogP contribution in [0.3, 0.4) is 0 Å². The van der Waals surface area contributed by atoms with Gasteiger partial charge in [0.15, 0.2) is 0 Å². The maximum Gasteiger partial charge on any atom is 0.225 e. The summed E-state index contributed by atoms with van der Waals surface area (Å²) in [5, 5.41) is 0. The molecule has 15 heavy (non-hydrogen) atoms. The summed E-state index contributed by atoms with van der Waals surface area (Å²) in [7, 11) is 0. The number of rotatable bonds is 6. The minimum absolute atomic E-state index is 0.648. The molecule has 0 spiro atoms. The quantitative estimate of drug-likeness (QED) is 0.763. The summed E-state index contributed by atoms with van der Waals surface area (Å²) in [5.74, 6) is 0.820. The third kappa shape index (κ3) is 3.47. The average molecular weight is 208 g/mol. The topological polar surface area (TPSA) is 55.0 Å². The molecule has 0 atom stereocenters. The van der Waals surface area contributed by atoms with Gasteiger partial charge in [0.25, 0.3) is 0 Å². The Hall–Kier alpha value is -1.16. The molecule has 0 aliphatic heterocycles. The fourth-order valence-electron chi connectivity index (χ4n) is 1.48. The second kappa shape index (κ2) is 6.35. The lowest BCUT2D eigenvalue weighted by molar-refractivity contribution is 0.759. The van der Waals surface area contributed by atoms with Crippen molar-refractivity contribution in [3.8, 4) is 0 Å². The Labute approximate surface area is 91.5 Å². The van der Waals surface area contributed by atoms with E-state index in [4.69, 9.17) is 5.73 Å². The van der Waals surface area contributed by atoms with E-state index in [1.165, 1.54) is 0 Å². The van der Waals surface area contributed by atoms with Gasteiger partial charge in [-0.3, -0.25) is 0 Å². The molecule has 0 aliphatic carbocycles. The maximum atomic E-state index is 5.47. The van der Waals surface area contributed by atoms with Gasteiger partial charge in [-0.25, -0.2) is 9.97 Å². The summed E-state index contributed by atoms with van der Waals surface area (Å²) in [6.07, 6.45) is 5.70. The highest BCUT2D eigenvalue weighted by Gasteiger charge is 2.05. The molecule has 0 amide bonds. The molecular weight excluding hydrogens is 188 g/mol. The van der Waals surface area contributed by atoms with Crippen LogP contribution in [-0.4, -0.2) is 29.6 Å². The SMILES string of the molecule is CCCN(CC)c1ncc(CCN)cn1. The zero-order valence-corrected chi connectivity index (χ0v) is 9.61. The van der Waals surface area contributed by atoms with Crippen molar-refractivity contribution in [3.05, 3.63) is 18.0 Å². The number of nitrogens with zero attached hydrogens (tertiary/aromatic N) is 3. The Bertz CT molecular complexity index is 270. The van der Waals surface area contributed by atoms with E-state index in [9.17, 15) is 0 Å². The molecule has 1 aromatic heterocycles. The zero-order chi connectivity index (χ0) is 11.1. The molecule has 4 heteroatoms. The van der Waals surface area contributed by atoms with E-state index in [0.29, 0.717) is 6.54 Å². The lowest BCUT2D eigenvalue weighted by atomic mass is 10.2. The van der Waals surface area contributed by atoms with E-state index in [1.807, 2.05) is 12.4 Å². The predicted octanol–water partition coefficient (Wildman–Crippen LogP) is 1.21. The van der Waals surface area contributed by atoms with E-state index >= 15 is 0 Å². The van der Waals surface area contributed by atoms with Gasteiger partial charge < -0.3 is 10.6 Å². The lowest BCUT2D eigenvalue weighted by Gasteiger charge is -2.19. The van der Waals surface area contributed by atoms with Crippen molar-refractivity contribution in [2.45, 2.75) is 26.7 Å². The summed E-state index contributed by atoms with van der Waals surface area (Å²) in [5.41, 5.74) is 6.57. The first-order valence-corrected chi connectivity index (χ1v) is 5.57. The van der Waals surface area contributed by atoms with Crippen LogP contribution in [0.2, 0.25) is 0 Å².